The van der Waals surface area contributed by atoms with Gasteiger partial charge in [0.05, 0.1) is 12.8 Å². The van der Waals surface area contributed by atoms with E-state index in [0.717, 1.165) is 22.5 Å². The maximum atomic E-state index is 12.7. The van der Waals surface area contributed by atoms with E-state index in [-0.39, 0.29) is 5.57 Å². The quantitative estimate of drug-likeness (QED) is 0.568. The highest BCUT2D eigenvalue weighted by Crippen LogP contribution is 2.31. The highest BCUT2D eigenvalue weighted by molar-refractivity contribution is 6.31. The number of ether oxygens (including phenoxy) is 1. The van der Waals surface area contributed by atoms with Gasteiger partial charge in [0.15, 0.2) is 0 Å². The summed E-state index contributed by atoms with van der Waals surface area (Å²) in [5.41, 5.74) is 4.25. The number of nitriles is 1. The van der Waals surface area contributed by atoms with Crippen LogP contribution >= 0.6 is 11.6 Å². The number of rotatable bonds is 5. The van der Waals surface area contributed by atoms with E-state index in [1.165, 1.54) is 7.11 Å². The van der Waals surface area contributed by atoms with Gasteiger partial charge in [-0.15, -0.1) is 0 Å². The summed E-state index contributed by atoms with van der Waals surface area (Å²) < 4.78 is 7.44. The van der Waals surface area contributed by atoms with Gasteiger partial charge in [-0.3, -0.25) is 4.79 Å². The van der Waals surface area contributed by atoms with Crippen molar-refractivity contribution in [1.29, 1.82) is 5.26 Å². The third-order valence-electron chi connectivity index (χ3n) is 4.43. The number of anilines is 1. The molecule has 0 bridgehead atoms. The minimum Gasteiger partial charge on any atom is -0.495 e. The van der Waals surface area contributed by atoms with Crippen molar-refractivity contribution in [3.8, 4) is 11.8 Å². The van der Waals surface area contributed by atoms with Crippen molar-refractivity contribution in [3.05, 3.63) is 51.3 Å². The Morgan fingerprint density at radius 1 is 1.30 bits per heavy atom. The van der Waals surface area contributed by atoms with Crippen LogP contribution in [0.2, 0.25) is 5.02 Å². The highest BCUT2D eigenvalue weighted by atomic mass is 35.5. The molecule has 0 fully saturated rings. The molecule has 0 spiro atoms. The van der Waals surface area contributed by atoms with Crippen molar-refractivity contribution >= 4 is 29.3 Å². The second-order valence-corrected chi connectivity index (χ2v) is 7.12. The molecule has 0 aliphatic rings. The molecule has 0 saturated heterocycles. The lowest BCUT2D eigenvalue weighted by atomic mass is 10.1. The van der Waals surface area contributed by atoms with E-state index in [2.05, 4.69) is 23.7 Å². The van der Waals surface area contributed by atoms with Crippen molar-refractivity contribution in [2.45, 2.75) is 40.7 Å². The van der Waals surface area contributed by atoms with Crippen LogP contribution in [0, 0.1) is 32.1 Å². The highest BCUT2D eigenvalue weighted by Gasteiger charge is 2.16. The van der Waals surface area contributed by atoms with Crippen LogP contribution in [0.1, 0.15) is 42.4 Å². The zero-order chi connectivity index (χ0) is 20.3. The first kappa shape index (κ1) is 20.6. The third kappa shape index (κ3) is 4.35. The van der Waals surface area contributed by atoms with Crippen molar-refractivity contribution in [2.75, 3.05) is 12.4 Å². The standard InChI is InChI=1S/C21H24ClN3O2/c1-12(2)25-14(4)8-16(15(25)5)9-17(11-23)21(26)24-19-7-13(3)18(22)10-20(19)27-6/h7-10,12H,1-6H3,(H,24,26)/b17-9+. The first-order valence-electron chi connectivity index (χ1n) is 8.65. The number of amides is 1. The van der Waals surface area contributed by atoms with Gasteiger partial charge in [0.2, 0.25) is 0 Å². The largest absolute Gasteiger partial charge is 0.495 e. The topological polar surface area (TPSA) is 67.0 Å². The van der Waals surface area contributed by atoms with Crippen LogP contribution in [0.25, 0.3) is 6.08 Å². The number of aromatic nitrogens is 1. The van der Waals surface area contributed by atoms with Crippen LogP contribution < -0.4 is 10.1 Å². The van der Waals surface area contributed by atoms with Crippen LogP contribution in [-0.2, 0) is 4.79 Å². The Balaban J connectivity index is 2.38. The fourth-order valence-corrected chi connectivity index (χ4v) is 3.32. The van der Waals surface area contributed by atoms with Gasteiger partial charge >= 0.3 is 0 Å². The first-order valence-corrected chi connectivity index (χ1v) is 9.03. The molecule has 0 aliphatic carbocycles. The average Bonchev–Trinajstić information content (AvgIpc) is 2.89. The summed E-state index contributed by atoms with van der Waals surface area (Å²) in [6, 6.07) is 7.63. The summed E-state index contributed by atoms with van der Waals surface area (Å²) in [7, 11) is 1.50. The van der Waals surface area contributed by atoms with E-state index in [0.29, 0.717) is 22.5 Å². The fraction of sp³-hybridized carbons (Fsp3) is 0.333. The van der Waals surface area contributed by atoms with E-state index in [1.54, 1.807) is 18.2 Å². The van der Waals surface area contributed by atoms with Gasteiger partial charge in [0.25, 0.3) is 5.91 Å². The summed E-state index contributed by atoms with van der Waals surface area (Å²) in [6.07, 6.45) is 1.62. The predicted molar refractivity (Wildman–Crippen MR) is 109 cm³/mol. The molecule has 2 rings (SSSR count). The van der Waals surface area contributed by atoms with Gasteiger partial charge in [0.1, 0.15) is 17.4 Å². The fourth-order valence-electron chi connectivity index (χ4n) is 3.17. The number of hydrogen-bond acceptors (Lipinski definition) is 3. The Kier molecular flexibility index (Phi) is 6.35. The Hall–Kier alpha value is -2.71. The normalized spacial score (nSPS) is 11.4. The minimum absolute atomic E-state index is 0.0219. The summed E-state index contributed by atoms with van der Waals surface area (Å²) in [5.74, 6) is -0.0545. The Morgan fingerprint density at radius 3 is 2.48 bits per heavy atom. The molecule has 1 aromatic carbocycles. The Labute approximate surface area is 165 Å². The summed E-state index contributed by atoms with van der Waals surface area (Å²) >= 11 is 6.10. The van der Waals surface area contributed by atoms with Crippen molar-refractivity contribution in [2.24, 2.45) is 0 Å². The summed E-state index contributed by atoms with van der Waals surface area (Å²) in [4.78, 5) is 12.7. The van der Waals surface area contributed by atoms with Gasteiger partial charge in [-0.2, -0.15) is 5.26 Å². The Bertz CT molecular complexity index is 949. The van der Waals surface area contributed by atoms with Gasteiger partial charge < -0.3 is 14.6 Å². The molecule has 5 nitrogen and oxygen atoms in total. The maximum Gasteiger partial charge on any atom is 0.266 e. The molecule has 0 aliphatic heterocycles. The molecule has 6 heteroatoms. The molecule has 0 atom stereocenters. The van der Waals surface area contributed by atoms with E-state index >= 15 is 0 Å². The molecular formula is C21H24ClN3O2. The molecule has 1 amide bonds. The van der Waals surface area contributed by atoms with Crippen LogP contribution in [0.4, 0.5) is 5.69 Å². The lowest BCUT2D eigenvalue weighted by Crippen LogP contribution is -2.14. The maximum absolute atomic E-state index is 12.7. The Morgan fingerprint density at radius 2 is 1.96 bits per heavy atom. The van der Waals surface area contributed by atoms with Crippen LogP contribution in [-0.4, -0.2) is 17.6 Å². The molecule has 0 saturated carbocycles. The van der Waals surface area contributed by atoms with Gasteiger partial charge in [-0.05, 0) is 64.0 Å². The van der Waals surface area contributed by atoms with Crippen LogP contribution in [0.3, 0.4) is 0 Å². The number of carbonyl (C=O) groups excluding carboxylic acids is 1. The monoisotopic (exact) mass is 385 g/mol. The van der Waals surface area contributed by atoms with Crippen LogP contribution in [0.15, 0.2) is 23.8 Å². The zero-order valence-corrected chi connectivity index (χ0v) is 17.2. The SMILES string of the molecule is COc1cc(Cl)c(C)cc1NC(=O)/C(C#N)=C/c1cc(C)n(C(C)C)c1C. The smallest absolute Gasteiger partial charge is 0.266 e. The molecule has 142 valence electrons. The average molecular weight is 386 g/mol. The molecule has 27 heavy (non-hydrogen) atoms. The van der Waals surface area contributed by atoms with Gasteiger partial charge in [-0.25, -0.2) is 0 Å². The number of nitrogens with zero attached hydrogens (tertiary/aromatic N) is 2. The number of nitrogens with one attached hydrogen (secondary N) is 1. The summed E-state index contributed by atoms with van der Waals surface area (Å²) in [5, 5.41) is 12.8. The molecule has 1 heterocycles. The number of hydrogen-bond donors (Lipinski definition) is 1. The number of carbonyl (C=O) groups is 1. The molecule has 1 N–H and O–H groups in total. The van der Waals surface area contributed by atoms with E-state index < -0.39 is 5.91 Å². The second-order valence-electron chi connectivity index (χ2n) is 6.72. The number of methoxy groups -OCH3 is 1. The molecule has 2 aromatic rings. The molecule has 0 radical (unpaired) electrons. The van der Waals surface area contributed by atoms with Gasteiger partial charge in [0, 0.05) is 28.5 Å². The van der Waals surface area contributed by atoms with E-state index in [9.17, 15) is 10.1 Å². The third-order valence-corrected chi connectivity index (χ3v) is 4.84. The van der Waals surface area contributed by atoms with Gasteiger partial charge in [-0.1, -0.05) is 11.6 Å². The first-order chi connectivity index (χ1) is 12.7. The lowest BCUT2D eigenvalue weighted by molar-refractivity contribution is -0.112. The number of halogens is 1. The van der Waals surface area contributed by atoms with Crippen molar-refractivity contribution in [3.63, 3.8) is 0 Å². The zero-order valence-electron chi connectivity index (χ0n) is 16.5. The van der Waals surface area contributed by atoms with E-state index in [4.69, 9.17) is 16.3 Å². The number of aryl methyl sites for hydroxylation is 2. The molecule has 1 aromatic heterocycles. The predicted octanol–water partition coefficient (Wildman–Crippen LogP) is 5.20. The van der Waals surface area contributed by atoms with E-state index in [1.807, 2.05) is 32.9 Å². The van der Waals surface area contributed by atoms with Crippen LogP contribution in [0.5, 0.6) is 5.75 Å². The second kappa shape index (κ2) is 8.32. The van der Waals surface area contributed by atoms with Crippen molar-refractivity contribution < 1.29 is 9.53 Å². The molecular weight excluding hydrogens is 362 g/mol. The lowest BCUT2D eigenvalue weighted by Gasteiger charge is -2.13. The number of benzene rings is 1. The van der Waals surface area contributed by atoms with Crippen molar-refractivity contribution in [1.82, 2.24) is 4.57 Å². The minimum atomic E-state index is -0.494. The molecule has 0 unspecified atom stereocenters. The summed E-state index contributed by atoms with van der Waals surface area (Å²) in [6.45, 7) is 10.0.